The Morgan fingerprint density at radius 3 is 2.55 bits per heavy atom. The number of unbranched alkanes of at least 4 members (excludes halogenated alkanes) is 3. The van der Waals surface area contributed by atoms with E-state index >= 15 is 0 Å². The molecule has 0 radical (unpaired) electrons. The molecule has 0 atom stereocenters. The van der Waals surface area contributed by atoms with Gasteiger partial charge < -0.3 is 9.84 Å². The van der Waals surface area contributed by atoms with Gasteiger partial charge in [0.2, 0.25) is 0 Å². The standard InChI is InChI=1S/C19H22O3/c1-2-3-4-6-9-15-12-13-18(20)17(14-15)19(21)22-16-10-7-5-8-11-16/h5,7-8,10-14,20H,2-4,6,9H2,1H3. The molecule has 2 aromatic rings. The summed E-state index contributed by atoms with van der Waals surface area (Å²) in [7, 11) is 0. The van der Waals surface area contributed by atoms with Crippen LogP contribution in [0.4, 0.5) is 0 Å². The van der Waals surface area contributed by atoms with Crippen LogP contribution in [0, 0.1) is 0 Å². The number of hydrogen-bond donors (Lipinski definition) is 1. The zero-order valence-corrected chi connectivity index (χ0v) is 12.9. The van der Waals surface area contributed by atoms with E-state index in [1.54, 1.807) is 36.4 Å². The molecule has 0 aliphatic carbocycles. The van der Waals surface area contributed by atoms with Gasteiger partial charge in [0.05, 0.1) is 0 Å². The maximum absolute atomic E-state index is 12.2. The molecule has 0 unspecified atom stereocenters. The molecule has 0 spiro atoms. The molecule has 0 saturated carbocycles. The van der Waals surface area contributed by atoms with Crippen molar-refractivity contribution in [1.29, 1.82) is 0 Å². The maximum Gasteiger partial charge on any atom is 0.347 e. The van der Waals surface area contributed by atoms with Crippen LogP contribution in [0.15, 0.2) is 48.5 Å². The smallest absolute Gasteiger partial charge is 0.347 e. The van der Waals surface area contributed by atoms with E-state index < -0.39 is 5.97 Å². The van der Waals surface area contributed by atoms with Crippen LogP contribution in [0.1, 0.15) is 48.5 Å². The highest BCUT2D eigenvalue weighted by Gasteiger charge is 2.14. The number of rotatable bonds is 7. The molecule has 1 N–H and O–H groups in total. The SMILES string of the molecule is CCCCCCc1ccc(O)c(C(=O)Oc2ccccc2)c1. The average Bonchev–Trinajstić information content (AvgIpc) is 2.54. The Morgan fingerprint density at radius 1 is 1.05 bits per heavy atom. The molecule has 0 amide bonds. The second-order valence-electron chi connectivity index (χ2n) is 5.36. The number of hydrogen-bond acceptors (Lipinski definition) is 3. The van der Waals surface area contributed by atoms with Crippen LogP contribution in [0.5, 0.6) is 11.5 Å². The largest absolute Gasteiger partial charge is 0.507 e. The van der Waals surface area contributed by atoms with Crippen LogP contribution in [0.3, 0.4) is 0 Å². The summed E-state index contributed by atoms with van der Waals surface area (Å²) in [4.78, 5) is 12.2. The van der Waals surface area contributed by atoms with Crippen molar-refractivity contribution in [1.82, 2.24) is 0 Å². The average molecular weight is 298 g/mol. The number of carbonyl (C=O) groups is 1. The van der Waals surface area contributed by atoms with Crippen molar-refractivity contribution in [2.75, 3.05) is 0 Å². The molecule has 0 bridgehead atoms. The van der Waals surface area contributed by atoms with Crippen LogP contribution in [0.2, 0.25) is 0 Å². The number of carbonyl (C=O) groups excluding carboxylic acids is 1. The van der Waals surface area contributed by atoms with Crippen molar-refractivity contribution in [3.05, 3.63) is 59.7 Å². The Labute approximate surface area is 131 Å². The first-order valence-corrected chi connectivity index (χ1v) is 7.80. The van der Waals surface area contributed by atoms with Gasteiger partial charge in [0.1, 0.15) is 17.1 Å². The lowest BCUT2D eigenvalue weighted by Crippen LogP contribution is -2.09. The third-order valence-electron chi connectivity index (χ3n) is 3.55. The molecule has 0 heterocycles. The molecule has 22 heavy (non-hydrogen) atoms. The van der Waals surface area contributed by atoms with E-state index in [9.17, 15) is 9.90 Å². The van der Waals surface area contributed by atoms with Gasteiger partial charge in [0, 0.05) is 0 Å². The molecule has 0 aliphatic rings. The first-order chi connectivity index (χ1) is 10.7. The Balaban J connectivity index is 2.04. The number of aryl methyl sites for hydroxylation is 1. The predicted octanol–water partition coefficient (Wildman–Crippen LogP) is 4.73. The Bertz CT molecular complexity index is 605. The van der Waals surface area contributed by atoms with Crippen molar-refractivity contribution >= 4 is 5.97 Å². The molecule has 3 heteroatoms. The molecule has 116 valence electrons. The van der Waals surface area contributed by atoms with Gasteiger partial charge in [-0.15, -0.1) is 0 Å². The van der Waals surface area contributed by atoms with Crippen LogP contribution >= 0.6 is 0 Å². The molecule has 2 rings (SSSR count). The zero-order valence-electron chi connectivity index (χ0n) is 12.9. The second kappa shape index (κ2) is 8.23. The van der Waals surface area contributed by atoms with Crippen LogP contribution in [-0.4, -0.2) is 11.1 Å². The highest BCUT2D eigenvalue weighted by atomic mass is 16.5. The quantitative estimate of drug-likeness (QED) is 0.456. The van der Waals surface area contributed by atoms with Gasteiger partial charge in [-0.1, -0.05) is 50.5 Å². The predicted molar refractivity (Wildman–Crippen MR) is 87.4 cm³/mol. The number of aromatic hydroxyl groups is 1. The Kier molecular flexibility index (Phi) is 6.01. The molecular formula is C19H22O3. The first-order valence-electron chi connectivity index (χ1n) is 7.80. The van der Waals surface area contributed by atoms with Crippen molar-refractivity contribution in [2.24, 2.45) is 0 Å². The molecule has 3 nitrogen and oxygen atoms in total. The molecule has 0 fully saturated rings. The van der Waals surface area contributed by atoms with Crippen molar-refractivity contribution in [2.45, 2.75) is 39.0 Å². The highest BCUT2D eigenvalue weighted by Crippen LogP contribution is 2.22. The van der Waals surface area contributed by atoms with E-state index in [-0.39, 0.29) is 11.3 Å². The molecular weight excluding hydrogens is 276 g/mol. The number of para-hydroxylation sites is 1. The summed E-state index contributed by atoms with van der Waals surface area (Å²) in [6, 6.07) is 14.0. The Hall–Kier alpha value is -2.29. The van der Waals surface area contributed by atoms with Crippen molar-refractivity contribution in [3.8, 4) is 11.5 Å². The van der Waals surface area contributed by atoms with E-state index in [1.807, 2.05) is 12.1 Å². The van der Waals surface area contributed by atoms with Gasteiger partial charge in [-0.05, 0) is 42.7 Å². The van der Waals surface area contributed by atoms with Gasteiger partial charge in [0.15, 0.2) is 0 Å². The summed E-state index contributed by atoms with van der Waals surface area (Å²) < 4.78 is 5.28. The fourth-order valence-corrected chi connectivity index (χ4v) is 2.31. The summed E-state index contributed by atoms with van der Waals surface area (Å²) in [6.45, 7) is 2.18. The van der Waals surface area contributed by atoms with E-state index in [0.717, 1.165) is 18.4 Å². The Morgan fingerprint density at radius 2 is 1.82 bits per heavy atom. The number of benzene rings is 2. The maximum atomic E-state index is 12.2. The van der Waals surface area contributed by atoms with Crippen LogP contribution in [0.25, 0.3) is 0 Å². The topological polar surface area (TPSA) is 46.5 Å². The molecule has 0 saturated heterocycles. The minimum Gasteiger partial charge on any atom is -0.507 e. The van der Waals surface area contributed by atoms with Crippen LogP contribution < -0.4 is 4.74 Å². The number of phenolic OH excluding ortho intramolecular Hbond substituents is 1. The van der Waals surface area contributed by atoms with E-state index in [2.05, 4.69) is 6.92 Å². The molecule has 2 aromatic carbocycles. The third-order valence-corrected chi connectivity index (χ3v) is 3.55. The minimum absolute atomic E-state index is 0.0433. The molecule has 0 aromatic heterocycles. The third kappa shape index (κ3) is 4.62. The normalized spacial score (nSPS) is 10.4. The van der Waals surface area contributed by atoms with Gasteiger partial charge in [-0.3, -0.25) is 0 Å². The van der Waals surface area contributed by atoms with Crippen molar-refractivity contribution < 1.29 is 14.6 Å². The van der Waals surface area contributed by atoms with Crippen molar-refractivity contribution in [3.63, 3.8) is 0 Å². The van der Waals surface area contributed by atoms with Gasteiger partial charge >= 0.3 is 5.97 Å². The lowest BCUT2D eigenvalue weighted by Gasteiger charge is -2.08. The van der Waals surface area contributed by atoms with E-state index in [0.29, 0.717) is 5.75 Å². The van der Waals surface area contributed by atoms with E-state index in [1.165, 1.54) is 19.3 Å². The summed E-state index contributed by atoms with van der Waals surface area (Å²) in [6.07, 6.45) is 5.60. The van der Waals surface area contributed by atoms with Gasteiger partial charge in [-0.2, -0.15) is 0 Å². The summed E-state index contributed by atoms with van der Waals surface area (Å²) in [5.74, 6) is -0.0994. The van der Waals surface area contributed by atoms with Gasteiger partial charge in [-0.25, -0.2) is 4.79 Å². The first kappa shape index (κ1) is 16.1. The summed E-state index contributed by atoms with van der Waals surface area (Å²) in [5.41, 5.74) is 1.27. The molecule has 0 aliphatic heterocycles. The fraction of sp³-hybridized carbons (Fsp3) is 0.316. The number of ether oxygens (including phenoxy) is 1. The fourth-order valence-electron chi connectivity index (χ4n) is 2.31. The summed E-state index contributed by atoms with van der Waals surface area (Å²) >= 11 is 0. The highest BCUT2D eigenvalue weighted by molar-refractivity contribution is 5.94. The summed E-state index contributed by atoms with van der Waals surface area (Å²) in [5, 5.41) is 9.89. The lowest BCUT2D eigenvalue weighted by molar-refractivity contribution is 0.0731. The van der Waals surface area contributed by atoms with Gasteiger partial charge in [0.25, 0.3) is 0 Å². The number of phenols is 1. The van der Waals surface area contributed by atoms with Crippen LogP contribution in [-0.2, 0) is 6.42 Å². The minimum atomic E-state index is -0.529. The van der Waals surface area contributed by atoms with E-state index in [4.69, 9.17) is 4.74 Å². The zero-order chi connectivity index (χ0) is 15.8. The monoisotopic (exact) mass is 298 g/mol. The lowest BCUT2D eigenvalue weighted by atomic mass is 10.0. The number of esters is 1. The second-order valence-corrected chi connectivity index (χ2v) is 5.36.